The predicted molar refractivity (Wildman–Crippen MR) is 331 cm³/mol. The largest absolute Gasteiger partial charge is 0.493 e. The first-order chi connectivity index (χ1) is 39.8. The monoisotopic (exact) mass is 1140 g/mol. The summed E-state index contributed by atoms with van der Waals surface area (Å²) in [7, 11) is 7.86. The summed E-state index contributed by atoms with van der Waals surface area (Å²) in [5.41, 5.74) is 7.84. The average Bonchev–Trinajstić information content (AvgIpc) is 4.29. The van der Waals surface area contributed by atoms with Crippen LogP contribution in [0.2, 0.25) is 0 Å². The fourth-order valence-corrected chi connectivity index (χ4v) is 12.9. The maximum atomic E-state index is 13.6. The highest BCUT2D eigenvalue weighted by atomic mass is 32.2. The van der Waals surface area contributed by atoms with E-state index in [1.165, 1.54) is 21.8 Å². The lowest BCUT2D eigenvalue weighted by molar-refractivity contribution is -0.121. The number of ether oxygens (including phenoxy) is 2. The molecule has 3 aliphatic heterocycles. The van der Waals surface area contributed by atoms with Crippen LogP contribution < -0.4 is 46.2 Å². The number of aromatic carboxylic acids is 1. The number of fused-ring (bicyclic) bond motifs is 6. The van der Waals surface area contributed by atoms with Crippen molar-refractivity contribution < 1.29 is 38.2 Å². The Labute approximate surface area is 487 Å². The van der Waals surface area contributed by atoms with Gasteiger partial charge in [0.15, 0.2) is 5.11 Å². The number of carboxylic acids is 1. The number of nitrogens with zero attached hydrogens (tertiary/aromatic N) is 3. The van der Waals surface area contributed by atoms with E-state index in [2.05, 4.69) is 79.7 Å². The number of anilines is 2. The molecular formula is C64H71N8O8S2+. The molecule has 4 aliphatic rings. The van der Waals surface area contributed by atoms with E-state index in [0.717, 1.165) is 90.4 Å². The minimum atomic E-state index is -1.07. The molecule has 0 bridgehead atoms. The minimum absolute atomic E-state index is 0.0653. The highest BCUT2D eigenvalue weighted by Gasteiger charge is 2.42. The lowest BCUT2D eigenvalue weighted by Gasteiger charge is -2.19. The number of carbonyl (C=O) groups excluding carboxylic acids is 3. The number of para-hydroxylation sites is 2. The number of rotatable bonds is 24. The Morgan fingerprint density at radius 2 is 1.57 bits per heavy atom. The van der Waals surface area contributed by atoms with Crippen LogP contribution in [0.15, 0.2) is 126 Å². The van der Waals surface area contributed by atoms with Crippen LogP contribution in [0.4, 0.5) is 16.2 Å². The van der Waals surface area contributed by atoms with E-state index < -0.39 is 11.9 Å². The van der Waals surface area contributed by atoms with Crippen LogP contribution in [0.1, 0.15) is 84.1 Å². The molecule has 4 heterocycles. The van der Waals surface area contributed by atoms with Gasteiger partial charge in [0, 0.05) is 113 Å². The number of aromatic nitrogens is 1. The van der Waals surface area contributed by atoms with Crippen molar-refractivity contribution >= 4 is 97.1 Å². The fraction of sp³-hybridized carbons (Fsp3) is 0.344. The molecule has 5 aromatic carbocycles. The van der Waals surface area contributed by atoms with Crippen LogP contribution in [0, 0.1) is 0 Å². The van der Waals surface area contributed by atoms with Gasteiger partial charge in [-0.25, -0.2) is 19.0 Å². The van der Waals surface area contributed by atoms with Crippen LogP contribution in [-0.4, -0.2) is 110 Å². The normalized spacial score (nSPS) is 15.5. The van der Waals surface area contributed by atoms with Gasteiger partial charge in [-0.2, -0.15) is 11.8 Å². The van der Waals surface area contributed by atoms with Gasteiger partial charge in [0.2, 0.25) is 11.3 Å². The molecule has 3 amide bonds. The van der Waals surface area contributed by atoms with Gasteiger partial charge in [-0.1, -0.05) is 55.3 Å². The Bertz CT molecular complexity index is 3670. The number of carbonyl (C=O) groups is 4. The van der Waals surface area contributed by atoms with Crippen LogP contribution >= 0.6 is 24.0 Å². The van der Waals surface area contributed by atoms with E-state index in [4.69, 9.17) is 26.1 Å². The minimum Gasteiger partial charge on any atom is -0.493 e. The first kappa shape index (κ1) is 57.2. The number of nitrogens with one attached hydrogen (secondary N) is 5. The zero-order valence-electron chi connectivity index (χ0n) is 46.8. The Balaban J connectivity index is 0.704. The summed E-state index contributed by atoms with van der Waals surface area (Å²) in [5.74, 6) is 0.493. The Hall–Kier alpha value is -8.09. The smallest absolute Gasteiger partial charge is 0.338 e. The van der Waals surface area contributed by atoms with Crippen molar-refractivity contribution in [2.24, 2.45) is 0 Å². The number of amides is 3. The van der Waals surface area contributed by atoms with Gasteiger partial charge in [-0.3, -0.25) is 4.79 Å². The molecule has 16 nitrogen and oxygen atoms in total. The van der Waals surface area contributed by atoms with Crippen molar-refractivity contribution in [2.45, 2.75) is 88.2 Å². The van der Waals surface area contributed by atoms with Gasteiger partial charge >= 0.3 is 18.0 Å². The molecule has 426 valence electrons. The summed E-state index contributed by atoms with van der Waals surface area (Å²) in [5, 5.41) is 31.0. The number of esters is 1. The molecule has 3 atom stereocenters. The summed E-state index contributed by atoms with van der Waals surface area (Å²) >= 11 is 7.52. The highest BCUT2D eigenvalue weighted by Crippen LogP contribution is 2.43. The van der Waals surface area contributed by atoms with E-state index >= 15 is 0 Å². The number of benzene rings is 6. The molecule has 82 heavy (non-hydrogen) atoms. The molecular weight excluding hydrogens is 1070 g/mol. The third-order valence-corrected chi connectivity index (χ3v) is 17.1. The fourth-order valence-electron chi connectivity index (χ4n) is 11.1. The van der Waals surface area contributed by atoms with Gasteiger partial charge in [-0.15, -0.1) is 0 Å². The first-order valence-corrected chi connectivity index (χ1v) is 29.7. The van der Waals surface area contributed by atoms with Crippen molar-refractivity contribution in [3.63, 3.8) is 0 Å². The molecule has 10 rings (SSSR count). The molecule has 0 radical (unpaired) electrons. The third kappa shape index (κ3) is 13.5. The topological polar surface area (TPSA) is 191 Å². The average molecular weight is 1140 g/mol. The third-order valence-electron chi connectivity index (χ3n) is 15.3. The van der Waals surface area contributed by atoms with Crippen LogP contribution in [0.5, 0.6) is 5.75 Å². The van der Waals surface area contributed by atoms with Crippen molar-refractivity contribution in [2.75, 3.05) is 63.9 Å². The molecule has 0 unspecified atom stereocenters. The second-order valence-electron chi connectivity index (χ2n) is 21.5. The number of urea groups is 1. The number of carboxylic acid groups (broad SMARTS) is 1. The molecule has 2 fully saturated rings. The molecule has 0 spiro atoms. The van der Waals surface area contributed by atoms with Gasteiger partial charge in [-0.05, 0) is 123 Å². The maximum absolute atomic E-state index is 13.6. The Morgan fingerprint density at radius 1 is 0.805 bits per heavy atom. The van der Waals surface area contributed by atoms with E-state index in [1.807, 2.05) is 104 Å². The van der Waals surface area contributed by atoms with Crippen LogP contribution in [0.25, 0.3) is 55.2 Å². The number of thioether (sulfide) groups is 1. The molecule has 0 saturated carbocycles. The van der Waals surface area contributed by atoms with Gasteiger partial charge < -0.3 is 55.0 Å². The van der Waals surface area contributed by atoms with Crippen molar-refractivity contribution in [1.82, 2.24) is 30.4 Å². The van der Waals surface area contributed by atoms with Crippen molar-refractivity contribution in [3.8, 4) is 28.2 Å². The number of aryl methyl sites for hydroxylation is 1. The van der Waals surface area contributed by atoms with E-state index in [1.54, 1.807) is 18.2 Å². The molecule has 6 N–H and O–H groups in total. The number of unbranched alkanes of at least 4 members (excludes halogenated alkanes) is 4. The van der Waals surface area contributed by atoms with Gasteiger partial charge in [0.25, 0.3) is 0 Å². The number of hydrogen-bond donors (Lipinski definition) is 6. The molecule has 1 aliphatic carbocycles. The van der Waals surface area contributed by atoms with E-state index in [9.17, 15) is 24.3 Å². The van der Waals surface area contributed by atoms with Crippen molar-refractivity contribution in [1.29, 1.82) is 0 Å². The van der Waals surface area contributed by atoms with Crippen LogP contribution in [0.3, 0.4) is 0 Å². The predicted octanol–water partition coefficient (Wildman–Crippen LogP) is 10.6. The highest BCUT2D eigenvalue weighted by molar-refractivity contribution is 8.00. The lowest BCUT2D eigenvalue weighted by atomic mass is 9.90. The summed E-state index contributed by atoms with van der Waals surface area (Å²) < 4.78 is 22.9. The zero-order valence-corrected chi connectivity index (χ0v) is 48.5. The molecule has 18 heteroatoms. The van der Waals surface area contributed by atoms with Gasteiger partial charge in [0.05, 0.1) is 42.5 Å². The molecule has 6 aromatic rings. The van der Waals surface area contributed by atoms with Gasteiger partial charge in [0.1, 0.15) is 31.2 Å². The summed E-state index contributed by atoms with van der Waals surface area (Å²) in [6, 6.07) is 39.6. The van der Waals surface area contributed by atoms with Crippen LogP contribution in [-0.2, 0) is 22.6 Å². The van der Waals surface area contributed by atoms with Crippen molar-refractivity contribution in [3.05, 3.63) is 143 Å². The quantitative estimate of drug-likeness (QED) is 0.00838. The summed E-state index contributed by atoms with van der Waals surface area (Å²) in [6.45, 7) is 2.23. The Morgan fingerprint density at radius 3 is 2.34 bits per heavy atom. The SMILES string of the molecule is CN(C)c1ccc2c(-c3ccc(NC(=S)NCCCCCCOC(=O)c4cc(CNC(=O)CCCC[C@@H]5SC[C@@H]6NC(=O)N[C@@H]65)cc(OCCCn5c6ccccc6c6ccccc65)c4)cc3C(=O)O)c3ccc(=[N+](C)C)cc-3oc2c1. The first-order valence-electron chi connectivity index (χ1n) is 28.2. The number of hydrogen-bond acceptors (Lipinski definition) is 10. The zero-order chi connectivity index (χ0) is 57.3. The maximum Gasteiger partial charge on any atom is 0.338 e. The standard InChI is InChI=1S/C64H70N8O8S2/c1-70(2)43-23-26-49-55(36-43)80-56-37-44(71(3)4)24-27-50(56)59(49)48-25-22-42(35-51(48)61(74)75)67-64(81)65-28-13-5-6-14-30-79-62(76)41-32-40(38-66-58(73)21-12-11-20-57-60-52(39-82-57)68-63(77)69-60)33-45(34-41)78-31-15-29-72-53-18-9-7-16-46(53)47-17-8-10-19-54(47)72/h7-10,16-19,22-27,32-37,52,57,60H,5-6,11-15,20-21,28-31,38-39H2,1-4H3,(H5,65,66,68,69,73,74,75,77,81)/p+1/t52-,57-,60-/m0/s1. The molecule has 1 aromatic heterocycles. The lowest BCUT2D eigenvalue weighted by Crippen LogP contribution is -2.36. The second kappa shape index (κ2) is 26.2. The summed E-state index contributed by atoms with van der Waals surface area (Å²) in [6.07, 6.45) is 6.83. The van der Waals surface area contributed by atoms with E-state index in [0.29, 0.717) is 70.3 Å². The Kier molecular flexibility index (Phi) is 18.3. The van der Waals surface area contributed by atoms with E-state index in [-0.39, 0.29) is 42.7 Å². The second-order valence-corrected chi connectivity index (χ2v) is 23.2. The summed E-state index contributed by atoms with van der Waals surface area (Å²) in [4.78, 5) is 53.4. The number of thiocarbonyl (C=S) groups is 1. The molecule has 2 saturated heterocycles.